The SMILES string of the molecule is CC1CCCC(C)N1c1nnc2ccc(OC3CCC(NC(=O)NC(C=C(N)C(C)(C)C)=Nc4cnn(CCO)c4)c4ccccc43)cn12. The second kappa shape index (κ2) is 14.3. The number of aliphatic hydroxyl groups is 1. The third-order valence-electron chi connectivity index (χ3n) is 9.40. The first kappa shape index (κ1) is 34.0. The van der Waals surface area contributed by atoms with Gasteiger partial charge in [-0.25, -0.2) is 9.79 Å². The second-order valence-corrected chi connectivity index (χ2v) is 14.1. The number of benzene rings is 1. The number of allylic oxidation sites excluding steroid dienone is 1. The molecule has 1 aromatic carbocycles. The summed E-state index contributed by atoms with van der Waals surface area (Å²) < 4.78 is 10.3. The van der Waals surface area contributed by atoms with E-state index in [0.29, 0.717) is 42.9 Å². The Bertz CT molecular complexity index is 1830. The van der Waals surface area contributed by atoms with E-state index < -0.39 is 6.03 Å². The van der Waals surface area contributed by atoms with Gasteiger partial charge in [-0.3, -0.25) is 14.4 Å². The molecule has 6 rings (SSSR count). The molecule has 1 aliphatic heterocycles. The first-order valence-electron chi connectivity index (χ1n) is 17.2. The Morgan fingerprint density at radius 2 is 1.82 bits per heavy atom. The Morgan fingerprint density at radius 3 is 2.55 bits per heavy atom. The van der Waals surface area contributed by atoms with Crippen LogP contribution in [-0.4, -0.2) is 60.0 Å². The van der Waals surface area contributed by atoms with E-state index in [0.717, 1.165) is 41.3 Å². The number of nitrogens with two attached hydrogens (primary N) is 1. The molecule has 260 valence electrons. The smallest absolute Gasteiger partial charge is 0.320 e. The van der Waals surface area contributed by atoms with Gasteiger partial charge >= 0.3 is 6.03 Å². The van der Waals surface area contributed by atoms with Crippen molar-refractivity contribution in [3.63, 3.8) is 0 Å². The van der Waals surface area contributed by atoms with Crippen LogP contribution in [0.5, 0.6) is 5.75 Å². The number of aromatic nitrogens is 5. The van der Waals surface area contributed by atoms with E-state index in [-0.39, 0.29) is 30.0 Å². The Labute approximate surface area is 287 Å². The average Bonchev–Trinajstić information content (AvgIpc) is 3.68. The molecule has 1 fully saturated rings. The number of nitrogens with zero attached hydrogens (tertiary/aromatic N) is 7. The standard InChI is InChI=1S/C36H48N10O3/c1-23-9-8-10-24(2)46(23)35-43-42-33-16-13-26(22-45(33)35)49-30-15-14-29(27-11-6-7-12-28(27)30)40-34(48)41-32(19-31(37)36(3,4)5)39-25-20-38-44(21-25)17-18-47/h6-7,11-13,16,19-24,29-30,47H,8-10,14-15,17-18,37H2,1-5H3,(H2,39,40,41,48). The zero-order valence-corrected chi connectivity index (χ0v) is 29.0. The summed E-state index contributed by atoms with van der Waals surface area (Å²) >= 11 is 0. The number of aliphatic imine (C=N–C) groups is 1. The van der Waals surface area contributed by atoms with E-state index in [1.54, 1.807) is 23.2 Å². The van der Waals surface area contributed by atoms with Crippen molar-refractivity contribution in [2.75, 3.05) is 11.5 Å². The highest BCUT2D eigenvalue weighted by molar-refractivity contribution is 6.05. The summed E-state index contributed by atoms with van der Waals surface area (Å²) in [4.78, 5) is 20.4. The van der Waals surface area contributed by atoms with Gasteiger partial charge in [-0.1, -0.05) is 45.0 Å². The van der Waals surface area contributed by atoms with Crippen molar-refractivity contribution in [1.82, 2.24) is 35.0 Å². The minimum absolute atomic E-state index is 0.0420. The summed E-state index contributed by atoms with van der Waals surface area (Å²) in [5.41, 5.74) is 9.95. The quantitative estimate of drug-likeness (QED) is 0.140. The number of hydrogen-bond donors (Lipinski definition) is 4. The summed E-state index contributed by atoms with van der Waals surface area (Å²) in [6, 6.07) is 12.1. The molecule has 3 aromatic heterocycles. The minimum atomic E-state index is -0.398. The Hall–Kier alpha value is -4.91. The zero-order chi connectivity index (χ0) is 34.7. The summed E-state index contributed by atoms with van der Waals surface area (Å²) in [7, 11) is 0. The maximum atomic E-state index is 13.5. The number of aliphatic hydroxyl groups excluding tert-OH is 1. The summed E-state index contributed by atoms with van der Waals surface area (Å²) in [6.07, 6.45) is 11.6. The molecular formula is C36H48N10O3. The lowest BCUT2D eigenvalue weighted by Gasteiger charge is -2.39. The van der Waals surface area contributed by atoms with Crippen LogP contribution < -0.4 is 26.0 Å². The number of hydrogen-bond acceptors (Lipinski definition) is 9. The minimum Gasteiger partial charge on any atom is -0.484 e. The number of amides is 2. The van der Waals surface area contributed by atoms with E-state index >= 15 is 0 Å². The number of carbonyl (C=O) groups is 1. The Kier molecular flexibility index (Phi) is 9.91. The van der Waals surface area contributed by atoms with Gasteiger partial charge in [0.1, 0.15) is 23.4 Å². The fraction of sp³-hybridized carbons (Fsp3) is 0.472. The van der Waals surface area contributed by atoms with Crippen LogP contribution in [0.4, 0.5) is 16.4 Å². The summed E-state index contributed by atoms with van der Waals surface area (Å²) in [6.45, 7) is 10.8. The lowest BCUT2D eigenvalue weighted by molar-refractivity contribution is 0.171. The Balaban J connectivity index is 1.19. The molecule has 13 heteroatoms. The third-order valence-corrected chi connectivity index (χ3v) is 9.40. The fourth-order valence-corrected chi connectivity index (χ4v) is 6.65. The van der Waals surface area contributed by atoms with Gasteiger partial charge in [-0.2, -0.15) is 5.10 Å². The van der Waals surface area contributed by atoms with Crippen molar-refractivity contribution in [2.24, 2.45) is 16.1 Å². The van der Waals surface area contributed by atoms with E-state index in [1.807, 2.05) is 61.7 Å². The number of ether oxygens (including phenoxy) is 1. The number of anilines is 1. The number of rotatable bonds is 8. The van der Waals surface area contributed by atoms with E-state index in [1.165, 1.54) is 6.42 Å². The van der Waals surface area contributed by atoms with E-state index in [4.69, 9.17) is 10.5 Å². The molecule has 0 bridgehead atoms. The lowest BCUT2D eigenvalue weighted by atomic mass is 9.85. The first-order chi connectivity index (χ1) is 23.5. The topological polar surface area (TPSA) is 160 Å². The van der Waals surface area contributed by atoms with Gasteiger partial charge in [0.05, 0.1) is 37.8 Å². The number of nitrogens with one attached hydrogen (secondary N) is 2. The van der Waals surface area contributed by atoms with Crippen molar-refractivity contribution in [3.8, 4) is 5.75 Å². The number of urea groups is 1. The predicted octanol–water partition coefficient (Wildman–Crippen LogP) is 5.56. The molecule has 13 nitrogen and oxygen atoms in total. The maximum absolute atomic E-state index is 13.5. The molecule has 0 spiro atoms. The van der Waals surface area contributed by atoms with Gasteiger partial charge < -0.3 is 25.8 Å². The van der Waals surface area contributed by atoms with Crippen molar-refractivity contribution in [1.29, 1.82) is 0 Å². The average molecular weight is 669 g/mol. The molecule has 0 saturated carbocycles. The van der Waals surface area contributed by atoms with Crippen LogP contribution in [-0.2, 0) is 6.54 Å². The van der Waals surface area contributed by atoms with Crippen molar-refractivity contribution in [3.05, 3.63) is 77.9 Å². The van der Waals surface area contributed by atoms with Gasteiger partial charge in [0, 0.05) is 29.3 Å². The van der Waals surface area contributed by atoms with Crippen LogP contribution in [0.2, 0.25) is 0 Å². The van der Waals surface area contributed by atoms with Crippen molar-refractivity contribution >= 4 is 29.1 Å². The maximum Gasteiger partial charge on any atom is 0.320 e. The highest BCUT2D eigenvalue weighted by Gasteiger charge is 2.31. The highest BCUT2D eigenvalue weighted by atomic mass is 16.5. The van der Waals surface area contributed by atoms with Crippen molar-refractivity contribution in [2.45, 2.75) is 97.5 Å². The molecular weight excluding hydrogens is 620 g/mol. The number of piperidine rings is 1. The third kappa shape index (κ3) is 7.72. The first-order valence-corrected chi connectivity index (χ1v) is 17.2. The highest BCUT2D eigenvalue weighted by Crippen LogP contribution is 2.39. The number of pyridine rings is 1. The summed E-state index contributed by atoms with van der Waals surface area (Å²) in [5.74, 6) is 1.87. The van der Waals surface area contributed by atoms with Crippen LogP contribution in [0.3, 0.4) is 0 Å². The monoisotopic (exact) mass is 668 g/mol. The molecule has 0 radical (unpaired) electrons. The van der Waals surface area contributed by atoms with Crippen molar-refractivity contribution < 1.29 is 14.6 Å². The molecule has 4 aromatic rings. The van der Waals surface area contributed by atoms with Gasteiger partial charge in [0.25, 0.3) is 0 Å². The molecule has 5 N–H and O–H groups in total. The van der Waals surface area contributed by atoms with Gasteiger partial charge in [-0.05, 0) is 69.2 Å². The molecule has 49 heavy (non-hydrogen) atoms. The van der Waals surface area contributed by atoms with Gasteiger partial charge in [0.15, 0.2) is 5.65 Å². The summed E-state index contributed by atoms with van der Waals surface area (Å²) in [5, 5.41) is 28.5. The normalized spacial score (nSPS) is 21.8. The molecule has 1 aliphatic carbocycles. The molecule has 4 heterocycles. The molecule has 2 amide bonds. The van der Waals surface area contributed by atoms with Crippen LogP contribution >= 0.6 is 0 Å². The molecule has 4 atom stereocenters. The van der Waals surface area contributed by atoms with Gasteiger partial charge in [0.2, 0.25) is 5.95 Å². The molecule has 2 aliphatic rings. The lowest BCUT2D eigenvalue weighted by Crippen LogP contribution is -2.44. The second-order valence-electron chi connectivity index (χ2n) is 14.1. The van der Waals surface area contributed by atoms with E-state index in [9.17, 15) is 9.90 Å². The number of fused-ring (bicyclic) bond motifs is 2. The van der Waals surface area contributed by atoms with Crippen LogP contribution in [0.25, 0.3) is 5.65 Å². The zero-order valence-electron chi connectivity index (χ0n) is 29.0. The Morgan fingerprint density at radius 1 is 1.06 bits per heavy atom. The van der Waals surface area contributed by atoms with Crippen LogP contribution in [0, 0.1) is 5.41 Å². The number of carbonyl (C=O) groups excluding carboxylic acids is 1. The fourth-order valence-electron chi connectivity index (χ4n) is 6.65. The number of amidine groups is 1. The van der Waals surface area contributed by atoms with Crippen LogP contribution in [0.15, 0.2) is 71.8 Å². The van der Waals surface area contributed by atoms with Gasteiger partial charge in [-0.15, -0.1) is 10.2 Å². The van der Waals surface area contributed by atoms with E-state index in [2.05, 4.69) is 55.7 Å². The van der Waals surface area contributed by atoms with Crippen LogP contribution in [0.1, 0.15) is 90.0 Å². The predicted molar refractivity (Wildman–Crippen MR) is 190 cm³/mol. The molecule has 1 saturated heterocycles. The largest absolute Gasteiger partial charge is 0.484 e. The molecule has 4 unspecified atom stereocenters.